The molecule has 2 rings (SSSR count). The maximum absolute atomic E-state index is 12.3. The van der Waals surface area contributed by atoms with Crippen LogP contribution in [0.5, 0.6) is 5.75 Å². The van der Waals surface area contributed by atoms with E-state index in [1.807, 2.05) is 25.1 Å². The lowest BCUT2D eigenvalue weighted by atomic mass is 10.2. The van der Waals surface area contributed by atoms with Crippen molar-refractivity contribution >= 4 is 17.7 Å². The van der Waals surface area contributed by atoms with Gasteiger partial charge in [0, 0.05) is 0 Å². The summed E-state index contributed by atoms with van der Waals surface area (Å²) in [4.78, 5) is 36.1. The lowest BCUT2D eigenvalue weighted by Crippen LogP contribution is -2.56. The summed E-state index contributed by atoms with van der Waals surface area (Å²) >= 11 is 0. The van der Waals surface area contributed by atoms with E-state index in [2.05, 4.69) is 5.32 Å². The van der Waals surface area contributed by atoms with Gasteiger partial charge in [0.2, 0.25) is 11.8 Å². The fraction of sp³-hybridized carbons (Fsp3) is 0.357. The van der Waals surface area contributed by atoms with E-state index in [9.17, 15) is 14.4 Å². The van der Waals surface area contributed by atoms with Crippen LogP contribution in [-0.4, -0.2) is 41.8 Å². The highest BCUT2D eigenvalue weighted by Gasteiger charge is 2.31. The molecular formula is C14H16N2O4. The van der Waals surface area contributed by atoms with Gasteiger partial charge in [-0.3, -0.25) is 19.7 Å². The molecule has 1 aliphatic heterocycles. The summed E-state index contributed by atoms with van der Waals surface area (Å²) in [6.07, 6.45) is -0.240. The normalized spacial score (nSPS) is 16.6. The van der Waals surface area contributed by atoms with Crippen LogP contribution in [0.2, 0.25) is 0 Å². The Morgan fingerprint density at radius 2 is 1.85 bits per heavy atom. The molecule has 0 radical (unpaired) electrons. The monoisotopic (exact) mass is 276 g/mol. The maximum Gasteiger partial charge on any atom is 0.264 e. The molecule has 106 valence electrons. The van der Waals surface area contributed by atoms with E-state index < -0.39 is 17.9 Å². The van der Waals surface area contributed by atoms with E-state index in [1.54, 1.807) is 12.1 Å². The minimum absolute atomic E-state index is 0.112. The number of hydrogen-bond donors (Lipinski definition) is 1. The molecule has 0 aliphatic carbocycles. The molecule has 0 bridgehead atoms. The first-order valence-corrected chi connectivity index (χ1v) is 6.43. The Morgan fingerprint density at radius 3 is 2.40 bits per heavy atom. The molecular weight excluding hydrogens is 260 g/mol. The van der Waals surface area contributed by atoms with Gasteiger partial charge >= 0.3 is 0 Å². The van der Waals surface area contributed by atoms with Crippen molar-refractivity contribution in [3.05, 3.63) is 30.3 Å². The number of carbonyl (C=O) groups is 3. The van der Waals surface area contributed by atoms with Crippen LogP contribution in [-0.2, 0) is 14.4 Å². The zero-order valence-corrected chi connectivity index (χ0v) is 11.2. The number of benzene rings is 1. The molecule has 1 heterocycles. The fourth-order valence-electron chi connectivity index (χ4n) is 1.97. The molecule has 1 atom stereocenters. The number of amides is 3. The zero-order valence-electron chi connectivity index (χ0n) is 11.2. The molecule has 1 aliphatic rings. The maximum atomic E-state index is 12.3. The van der Waals surface area contributed by atoms with Crippen LogP contribution in [0.3, 0.4) is 0 Å². The highest BCUT2D eigenvalue weighted by molar-refractivity contribution is 6.03. The molecule has 1 aromatic carbocycles. The third kappa shape index (κ3) is 3.34. The molecule has 20 heavy (non-hydrogen) atoms. The van der Waals surface area contributed by atoms with Crippen molar-refractivity contribution < 1.29 is 19.1 Å². The van der Waals surface area contributed by atoms with Crippen molar-refractivity contribution in [1.29, 1.82) is 0 Å². The van der Waals surface area contributed by atoms with Crippen molar-refractivity contribution in [2.75, 3.05) is 13.1 Å². The van der Waals surface area contributed by atoms with Crippen LogP contribution in [0.25, 0.3) is 0 Å². The van der Waals surface area contributed by atoms with Gasteiger partial charge in [-0.15, -0.1) is 0 Å². The van der Waals surface area contributed by atoms with E-state index >= 15 is 0 Å². The number of carbonyl (C=O) groups excluding carboxylic acids is 3. The Bertz CT molecular complexity index is 499. The van der Waals surface area contributed by atoms with Crippen molar-refractivity contribution in [3.8, 4) is 5.75 Å². The lowest BCUT2D eigenvalue weighted by Gasteiger charge is -2.29. The molecule has 1 fully saturated rings. The molecule has 0 saturated carbocycles. The highest BCUT2D eigenvalue weighted by Crippen LogP contribution is 2.14. The standard InChI is InChI=1S/C14H16N2O4/c1-2-11(20-10-6-4-3-5-7-10)14(19)16-8-12(17)15-13(18)9-16/h3-7,11H,2,8-9H2,1H3,(H,15,17,18). The van der Waals surface area contributed by atoms with Gasteiger partial charge < -0.3 is 9.64 Å². The molecule has 0 spiro atoms. The molecule has 6 heteroatoms. The molecule has 1 unspecified atom stereocenters. The van der Waals surface area contributed by atoms with Gasteiger partial charge in [-0.1, -0.05) is 25.1 Å². The summed E-state index contributed by atoms with van der Waals surface area (Å²) in [5.74, 6) is -0.701. The molecule has 3 amide bonds. The number of rotatable bonds is 4. The molecule has 1 aromatic rings. The zero-order chi connectivity index (χ0) is 14.5. The molecule has 6 nitrogen and oxygen atoms in total. The first-order chi connectivity index (χ1) is 9.60. The molecule has 1 saturated heterocycles. The smallest absolute Gasteiger partial charge is 0.264 e. The van der Waals surface area contributed by atoms with Crippen LogP contribution in [0.1, 0.15) is 13.3 Å². The van der Waals surface area contributed by atoms with Crippen molar-refractivity contribution in [2.45, 2.75) is 19.4 Å². The Morgan fingerprint density at radius 1 is 1.25 bits per heavy atom. The van der Waals surface area contributed by atoms with Crippen LogP contribution < -0.4 is 10.1 Å². The van der Waals surface area contributed by atoms with Gasteiger partial charge in [-0.2, -0.15) is 0 Å². The lowest BCUT2D eigenvalue weighted by molar-refractivity contribution is -0.149. The second-order valence-corrected chi connectivity index (χ2v) is 4.49. The summed E-state index contributed by atoms with van der Waals surface area (Å²) in [6, 6.07) is 8.98. The fourth-order valence-corrected chi connectivity index (χ4v) is 1.97. The number of imide groups is 1. The highest BCUT2D eigenvalue weighted by atomic mass is 16.5. The summed E-state index contributed by atoms with van der Waals surface area (Å²) < 4.78 is 5.61. The Hall–Kier alpha value is -2.37. The van der Waals surface area contributed by atoms with Crippen LogP contribution in [0, 0.1) is 0 Å². The first-order valence-electron chi connectivity index (χ1n) is 6.43. The van der Waals surface area contributed by atoms with Crippen LogP contribution in [0.15, 0.2) is 30.3 Å². The van der Waals surface area contributed by atoms with Crippen molar-refractivity contribution in [3.63, 3.8) is 0 Å². The third-order valence-corrected chi connectivity index (χ3v) is 2.93. The minimum Gasteiger partial charge on any atom is -0.481 e. The predicted octanol–water partition coefficient (Wildman–Crippen LogP) is 0.329. The van der Waals surface area contributed by atoms with Gasteiger partial charge in [0.1, 0.15) is 18.8 Å². The minimum atomic E-state index is -0.698. The number of hydrogen-bond acceptors (Lipinski definition) is 4. The predicted molar refractivity (Wildman–Crippen MR) is 70.9 cm³/mol. The van der Waals surface area contributed by atoms with Gasteiger partial charge in [0.25, 0.3) is 5.91 Å². The molecule has 1 N–H and O–H groups in total. The van der Waals surface area contributed by atoms with Gasteiger partial charge in [-0.25, -0.2) is 0 Å². The summed E-state index contributed by atoms with van der Waals surface area (Å²) in [7, 11) is 0. The summed E-state index contributed by atoms with van der Waals surface area (Å²) in [5, 5.41) is 2.16. The van der Waals surface area contributed by atoms with E-state index in [1.165, 1.54) is 4.90 Å². The average Bonchev–Trinajstić information content (AvgIpc) is 2.44. The van der Waals surface area contributed by atoms with E-state index in [0.29, 0.717) is 12.2 Å². The Balaban J connectivity index is 2.05. The van der Waals surface area contributed by atoms with E-state index in [-0.39, 0.29) is 19.0 Å². The number of nitrogens with one attached hydrogen (secondary N) is 1. The van der Waals surface area contributed by atoms with E-state index in [4.69, 9.17) is 4.74 Å². The van der Waals surface area contributed by atoms with Gasteiger partial charge in [0.05, 0.1) is 0 Å². The number of piperazine rings is 1. The Kier molecular flexibility index (Phi) is 4.34. The van der Waals surface area contributed by atoms with Gasteiger partial charge in [-0.05, 0) is 18.6 Å². The number of ether oxygens (including phenoxy) is 1. The second-order valence-electron chi connectivity index (χ2n) is 4.49. The second kappa shape index (κ2) is 6.18. The van der Waals surface area contributed by atoms with Crippen LogP contribution in [0.4, 0.5) is 0 Å². The molecule has 0 aromatic heterocycles. The third-order valence-electron chi connectivity index (χ3n) is 2.93. The number of para-hydroxylation sites is 1. The quantitative estimate of drug-likeness (QED) is 0.804. The number of nitrogens with zero attached hydrogens (tertiary/aromatic N) is 1. The largest absolute Gasteiger partial charge is 0.481 e. The summed E-state index contributed by atoms with van der Waals surface area (Å²) in [6.45, 7) is 1.59. The van der Waals surface area contributed by atoms with Crippen LogP contribution >= 0.6 is 0 Å². The van der Waals surface area contributed by atoms with Gasteiger partial charge in [0.15, 0.2) is 6.10 Å². The topological polar surface area (TPSA) is 75.7 Å². The average molecular weight is 276 g/mol. The SMILES string of the molecule is CCC(Oc1ccccc1)C(=O)N1CC(=O)NC(=O)C1. The summed E-state index contributed by atoms with van der Waals surface area (Å²) in [5.41, 5.74) is 0. The first kappa shape index (κ1) is 14.0. The van der Waals surface area contributed by atoms with Crippen molar-refractivity contribution in [1.82, 2.24) is 10.2 Å². The van der Waals surface area contributed by atoms with Crippen molar-refractivity contribution in [2.24, 2.45) is 0 Å². The van der Waals surface area contributed by atoms with E-state index in [0.717, 1.165) is 0 Å². The Labute approximate surface area is 116 Å².